The zero-order valence-electron chi connectivity index (χ0n) is 26.3. The van der Waals surface area contributed by atoms with Gasteiger partial charge in [0.15, 0.2) is 0 Å². The first kappa shape index (κ1) is 31.6. The van der Waals surface area contributed by atoms with Crippen LogP contribution in [-0.4, -0.2) is 43.5 Å². The minimum Gasteiger partial charge on any atom is -0.449 e. The van der Waals surface area contributed by atoms with E-state index >= 15 is 0 Å². The maximum atomic E-state index is 12.9. The number of aliphatic hydroxyl groups is 2. The Morgan fingerprint density at radius 3 is 2.25 bits per heavy atom. The van der Waals surface area contributed by atoms with Crippen molar-refractivity contribution in [3.05, 3.63) is 54.6 Å². The first-order chi connectivity index (χ1) is 21.0. The van der Waals surface area contributed by atoms with Crippen LogP contribution in [-0.2, 0) is 14.8 Å². The molecule has 2 aromatic rings. The smallest absolute Gasteiger partial charge is 0.421 e. The van der Waals surface area contributed by atoms with Crippen LogP contribution in [0.2, 0.25) is 0 Å². The second-order valence-corrected chi connectivity index (χ2v) is 16.3. The van der Waals surface area contributed by atoms with Gasteiger partial charge in [-0.3, -0.25) is 0 Å². The number of hydrogen-bond donors (Lipinski definition) is 3. The molecule has 0 aromatic heterocycles. The predicted molar refractivity (Wildman–Crippen MR) is 170 cm³/mol. The van der Waals surface area contributed by atoms with Crippen LogP contribution in [0.1, 0.15) is 78.6 Å². The van der Waals surface area contributed by atoms with Gasteiger partial charge in [0.2, 0.25) is 0 Å². The fourth-order valence-electron chi connectivity index (χ4n) is 10.5. The quantitative estimate of drug-likeness (QED) is 0.313. The molecule has 8 heteroatoms. The van der Waals surface area contributed by atoms with Crippen molar-refractivity contribution in [1.29, 1.82) is 0 Å². The number of carbonyl (C=O) groups excluding carboxylic acids is 1. The zero-order chi connectivity index (χ0) is 31.3. The molecule has 4 aliphatic rings. The number of benzene rings is 2. The molecular weight excluding hydrogens is 574 g/mol. The van der Waals surface area contributed by atoms with Gasteiger partial charge < -0.3 is 14.9 Å². The van der Waals surface area contributed by atoms with E-state index in [9.17, 15) is 23.4 Å². The van der Waals surface area contributed by atoms with Crippen molar-refractivity contribution >= 4 is 16.1 Å². The summed E-state index contributed by atoms with van der Waals surface area (Å²) in [6, 6.07) is 16.1. The van der Waals surface area contributed by atoms with Gasteiger partial charge in [-0.1, -0.05) is 69.7 Å². The van der Waals surface area contributed by atoms with Gasteiger partial charge in [0.1, 0.15) is 0 Å². The van der Waals surface area contributed by atoms with Gasteiger partial charge in [-0.15, -0.1) is 0 Å². The maximum absolute atomic E-state index is 12.9. The van der Waals surface area contributed by atoms with E-state index in [0.717, 1.165) is 62.5 Å². The number of rotatable bonds is 7. The van der Waals surface area contributed by atoms with Crippen LogP contribution < -0.4 is 4.72 Å². The van der Waals surface area contributed by atoms with Crippen molar-refractivity contribution < 1.29 is 28.2 Å². The Morgan fingerprint density at radius 2 is 1.55 bits per heavy atom. The number of sulfonamides is 1. The van der Waals surface area contributed by atoms with Gasteiger partial charge in [-0.25, -0.2) is 17.9 Å². The molecule has 0 spiro atoms. The van der Waals surface area contributed by atoms with E-state index < -0.39 is 16.1 Å². The standard InChI is InChI=1S/C36H49NO6S/c1-4-28-31-22-26(38)16-19-36(31,3)30-17-20-35(2)25(12-15-29(35)32(30)33(28)39)18-21-43-34(40)37-44(41,42)27-13-10-24(11-14-27)23-8-6-5-7-9-23/h5-11,13-14,25-26,28-33,38-39H,4,12,15-22H2,1-3H3,(H,37,40)/t25-,26-,28-,29+,30+,31+,32+,33-,35-,36-/m1/s1. The molecule has 0 saturated heterocycles. The van der Waals surface area contributed by atoms with Crippen molar-refractivity contribution in [3.63, 3.8) is 0 Å². The van der Waals surface area contributed by atoms with E-state index in [-0.39, 0.29) is 46.4 Å². The monoisotopic (exact) mass is 623 g/mol. The number of fused-ring (bicyclic) bond motifs is 5. The fraction of sp³-hybridized carbons (Fsp3) is 0.639. The van der Waals surface area contributed by atoms with E-state index in [1.165, 1.54) is 12.1 Å². The molecule has 0 radical (unpaired) electrons. The molecule has 240 valence electrons. The summed E-state index contributed by atoms with van der Waals surface area (Å²) in [5.74, 6) is 2.12. The molecule has 2 aromatic carbocycles. The number of aliphatic hydroxyl groups excluding tert-OH is 2. The van der Waals surface area contributed by atoms with E-state index in [0.29, 0.717) is 30.1 Å². The SMILES string of the molecule is CC[C@H]1[C@@H](O)[C@@H]2[C@H](CC[C@]3(C)[C@@H](CCOC(=O)NS(=O)(=O)c4ccc(-c5ccccc5)cc4)CC[C@@H]23)[C@@]2(C)CC[C@@H](O)C[C@@H]12. The minimum absolute atomic E-state index is 0.0110. The lowest BCUT2D eigenvalue weighted by Gasteiger charge is -2.64. The molecule has 4 aliphatic carbocycles. The molecule has 6 rings (SSSR count). The summed E-state index contributed by atoms with van der Waals surface area (Å²) in [7, 11) is -4.05. The van der Waals surface area contributed by atoms with Crippen LogP contribution in [0.3, 0.4) is 0 Å². The van der Waals surface area contributed by atoms with Crippen molar-refractivity contribution in [2.75, 3.05) is 6.61 Å². The van der Waals surface area contributed by atoms with Gasteiger partial charge >= 0.3 is 6.09 Å². The Balaban J connectivity index is 1.07. The highest BCUT2D eigenvalue weighted by Gasteiger charge is 2.64. The minimum atomic E-state index is -4.05. The van der Waals surface area contributed by atoms with Gasteiger partial charge in [0.05, 0.1) is 23.7 Å². The number of amides is 1. The Morgan fingerprint density at radius 1 is 0.886 bits per heavy atom. The van der Waals surface area contributed by atoms with Crippen LogP contribution in [0.5, 0.6) is 0 Å². The highest BCUT2D eigenvalue weighted by atomic mass is 32.2. The third-order valence-electron chi connectivity index (χ3n) is 12.8. The first-order valence-electron chi connectivity index (χ1n) is 16.7. The summed E-state index contributed by atoms with van der Waals surface area (Å²) >= 11 is 0. The van der Waals surface area contributed by atoms with E-state index in [1.54, 1.807) is 12.1 Å². The lowest BCUT2D eigenvalue weighted by Crippen LogP contribution is -2.62. The number of carbonyl (C=O) groups is 1. The van der Waals surface area contributed by atoms with E-state index in [2.05, 4.69) is 25.5 Å². The molecule has 7 nitrogen and oxygen atoms in total. The van der Waals surface area contributed by atoms with Crippen LogP contribution in [0, 0.1) is 46.3 Å². The second kappa shape index (κ2) is 12.1. The second-order valence-electron chi connectivity index (χ2n) is 14.6. The van der Waals surface area contributed by atoms with E-state index in [1.807, 2.05) is 30.3 Å². The summed E-state index contributed by atoms with van der Waals surface area (Å²) in [6.45, 7) is 7.18. The maximum Gasteiger partial charge on any atom is 0.421 e. The first-order valence-corrected chi connectivity index (χ1v) is 18.2. The molecule has 10 atom stereocenters. The third-order valence-corrected chi connectivity index (χ3v) is 14.1. The number of ether oxygens (including phenoxy) is 1. The van der Waals surface area contributed by atoms with Crippen LogP contribution in [0.25, 0.3) is 11.1 Å². The van der Waals surface area contributed by atoms with Crippen LogP contribution >= 0.6 is 0 Å². The molecule has 0 aliphatic heterocycles. The average Bonchev–Trinajstić information content (AvgIpc) is 3.34. The molecule has 3 N–H and O–H groups in total. The van der Waals surface area contributed by atoms with Crippen molar-refractivity contribution in [1.82, 2.24) is 4.72 Å². The summed E-state index contributed by atoms with van der Waals surface area (Å²) in [5, 5.41) is 22.4. The average molecular weight is 624 g/mol. The molecule has 0 unspecified atom stereocenters. The number of hydrogen-bond acceptors (Lipinski definition) is 6. The van der Waals surface area contributed by atoms with Crippen molar-refractivity contribution in [2.45, 2.75) is 95.7 Å². The van der Waals surface area contributed by atoms with Gasteiger partial charge in [0, 0.05) is 0 Å². The van der Waals surface area contributed by atoms with Crippen LogP contribution in [0.4, 0.5) is 4.79 Å². The third kappa shape index (κ3) is 5.49. The molecule has 4 fully saturated rings. The molecule has 0 heterocycles. The predicted octanol–water partition coefficient (Wildman–Crippen LogP) is 6.79. The van der Waals surface area contributed by atoms with Crippen LogP contribution in [0.15, 0.2) is 59.5 Å². The molecule has 44 heavy (non-hydrogen) atoms. The topological polar surface area (TPSA) is 113 Å². The molecular formula is C36H49NO6S. The van der Waals surface area contributed by atoms with Gasteiger partial charge in [-0.2, -0.15) is 0 Å². The lowest BCUT2D eigenvalue weighted by atomic mass is 9.41. The van der Waals surface area contributed by atoms with Crippen molar-refractivity contribution in [3.8, 4) is 11.1 Å². The Hall–Kier alpha value is -2.42. The Kier molecular flexibility index (Phi) is 8.66. The molecule has 4 saturated carbocycles. The largest absolute Gasteiger partial charge is 0.449 e. The van der Waals surface area contributed by atoms with Gasteiger partial charge in [0.25, 0.3) is 10.0 Å². The highest BCUT2D eigenvalue weighted by molar-refractivity contribution is 7.90. The molecule has 1 amide bonds. The number of nitrogens with one attached hydrogen (secondary N) is 1. The fourth-order valence-corrected chi connectivity index (χ4v) is 11.4. The Bertz CT molecular complexity index is 1430. The van der Waals surface area contributed by atoms with E-state index in [4.69, 9.17) is 4.74 Å². The summed E-state index contributed by atoms with van der Waals surface area (Å²) in [6.07, 6.45) is 7.08. The zero-order valence-corrected chi connectivity index (χ0v) is 27.1. The summed E-state index contributed by atoms with van der Waals surface area (Å²) < 4.78 is 33.2. The normalized spacial score (nSPS) is 38.2. The highest BCUT2D eigenvalue weighted by Crippen LogP contribution is 2.69. The Labute approximate surface area is 262 Å². The summed E-state index contributed by atoms with van der Waals surface area (Å²) in [5.41, 5.74) is 2.10. The van der Waals surface area contributed by atoms with Crippen molar-refractivity contribution in [2.24, 2.45) is 46.3 Å². The summed E-state index contributed by atoms with van der Waals surface area (Å²) in [4.78, 5) is 12.6. The lowest BCUT2D eigenvalue weighted by molar-refractivity contribution is -0.202. The van der Waals surface area contributed by atoms with Gasteiger partial charge in [-0.05, 0) is 121 Å². The molecule has 0 bridgehead atoms.